The molecule has 0 aliphatic rings. The molecule has 2 aromatic rings. The van der Waals surface area contributed by atoms with Crippen LogP contribution in [0.25, 0.3) is 0 Å². The van der Waals surface area contributed by atoms with Crippen LogP contribution >= 0.6 is 0 Å². The van der Waals surface area contributed by atoms with Crippen LogP contribution in [0.3, 0.4) is 0 Å². The van der Waals surface area contributed by atoms with Gasteiger partial charge in [0.1, 0.15) is 5.69 Å². The van der Waals surface area contributed by atoms with Gasteiger partial charge < -0.3 is 14.8 Å². The lowest BCUT2D eigenvalue weighted by Crippen LogP contribution is -2.27. The molecule has 0 fully saturated rings. The summed E-state index contributed by atoms with van der Waals surface area (Å²) in [6.07, 6.45) is 5.38. The highest BCUT2D eigenvalue weighted by molar-refractivity contribution is 5.92. The van der Waals surface area contributed by atoms with Crippen LogP contribution in [-0.2, 0) is 0 Å². The third-order valence-corrected chi connectivity index (χ3v) is 3.29. The first kappa shape index (κ1) is 16.7. The standard InChI is InChI=1S/C17H21N3O3/c1-4-9-23-15-6-5-13(10-16(15)22-3)12(2)20-17(21)14-11-18-7-8-19-14/h5-8,10-12H,4,9H2,1-3H3,(H,20,21)/t12-/m1/s1. The maximum Gasteiger partial charge on any atom is 0.271 e. The molecule has 1 heterocycles. The van der Waals surface area contributed by atoms with E-state index in [0.717, 1.165) is 12.0 Å². The van der Waals surface area contributed by atoms with E-state index in [1.807, 2.05) is 32.0 Å². The molecule has 1 atom stereocenters. The van der Waals surface area contributed by atoms with Crippen molar-refractivity contribution < 1.29 is 14.3 Å². The van der Waals surface area contributed by atoms with Gasteiger partial charge in [-0.2, -0.15) is 0 Å². The van der Waals surface area contributed by atoms with Crippen LogP contribution in [0.2, 0.25) is 0 Å². The average Bonchev–Trinajstić information content (AvgIpc) is 2.60. The molecule has 1 N–H and O–H groups in total. The van der Waals surface area contributed by atoms with Crippen molar-refractivity contribution in [3.63, 3.8) is 0 Å². The molecule has 0 aliphatic carbocycles. The summed E-state index contributed by atoms with van der Waals surface area (Å²) in [5, 5.41) is 2.89. The number of aromatic nitrogens is 2. The van der Waals surface area contributed by atoms with Crippen LogP contribution in [0.5, 0.6) is 11.5 Å². The number of benzene rings is 1. The van der Waals surface area contributed by atoms with E-state index < -0.39 is 0 Å². The summed E-state index contributed by atoms with van der Waals surface area (Å²) in [7, 11) is 1.60. The first-order chi connectivity index (χ1) is 11.2. The largest absolute Gasteiger partial charge is 0.493 e. The number of nitrogens with one attached hydrogen (secondary N) is 1. The van der Waals surface area contributed by atoms with Crippen molar-refractivity contribution in [2.45, 2.75) is 26.3 Å². The molecular formula is C17H21N3O3. The molecule has 1 amide bonds. The van der Waals surface area contributed by atoms with Crippen molar-refractivity contribution in [1.29, 1.82) is 0 Å². The molecule has 0 bridgehead atoms. The molecule has 0 aliphatic heterocycles. The highest BCUT2D eigenvalue weighted by Crippen LogP contribution is 2.30. The van der Waals surface area contributed by atoms with Gasteiger partial charge in [-0.1, -0.05) is 13.0 Å². The minimum absolute atomic E-state index is 0.196. The Bertz CT molecular complexity index is 647. The zero-order valence-corrected chi connectivity index (χ0v) is 13.6. The van der Waals surface area contributed by atoms with E-state index in [4.69, 9.17) is 9.47 Å². The average molecular weight is 315 g/mol. The lowest BCUT2D eigenvalue weighted by atomic mass is 10.1. The Morgan fingerprint density at radius 3 is 2.78 bits per heavy atom. The van der Waals surface area contributed by atoms with Gasteiger partial charge in [0.2, 0.25) is 0 Å². The third kappa shape index (κ3) is 4.42. The fourth-order valence-electron chi connectivity index (χ4n) is 2.06. The van der Waals surface area contributed by atoms with E-state index in [1.165, 1.54) is 18.6 Å². The SMILES string of the molecule is CCCOc1ccc([C@@H](C)NC(=O)c2cnccn2)cc1OC. The number of amides is 1. The Labute approximate surface area is 135 Å². The van der Waals surface area contributed by atoms with E-state index in [-0.39, 0.29) is 17.6 Å². The van der Waals surface area contributed by atoms with Gasteiger partial charge in [0.15, 0.2) is 11.5 Å². The summed E-state index contributed by atoms with van der Waals surface area (Å²) in [4.78, 5) is 20.0. The van der Waals surface area contributed by atoms with Gasteiger partial charge in [-0.05, 0) is 31.0 Å². The summed E-state index contributed by atoms with van der Waals surface area (Å²) in [6, 6.07) is 5.44. The number of rotatable bonds is 7. The van der Waals surface area contributed by atoms with Crippen molar-refractivity contribution in [3.05, 3.63) is 48.0 Å². The zero-order chi connectivity index (χ0) is 16.7. The van der Waals surface area contributed by atoms with Crippen LogP contribution in [0.1, 0.15) is 42.4 Å². The van der Waals surface area contributed by atoms with Gasteiger partial charge in [0, 0.05) is 12.4 Å². The molecule has 122 valence electrons. The van der Waals surface area contributed by atoms with Gasteiger partial charge in [-0.25, -0.2) is 4.98 Å². The van der Waals surface area contributed by atoms with E-state index >= 15 is 0 Å². The summed E-state index contributed by atoms with van der Waals surface area (Å²) in [5.41, 5.74) is 1.21. The van der Waals surface area contributed by atoms with Crippen LogP contribution in [0.15, 0.2) is 36.8 Å². The fourth-order valence-corrected chi connectivity index (χ4v) is 2.06. The highest BCUT2D eigenvalue weighted by atomic mass is 16.5. The Hall–Kier alpha value is -2.63. The minimum Gasteiger partial charge on any atom is -0.493 e. The number of hydrogen-bond acceptors (Lipinski definition) is 5. The van der Waals surface area contributed by atoms with Gasteiger partial charge >= 0.3 is 0 Å². The predicted molar refractivity (Wildman–Crippen MR) is 86.7 cm³/mol. The monoisotopic (exact) mass is 315 g/mol. The number of ether oxygens (including phenoxy) is 2. The fraction of sp³-hybridized carbons (Fsp3) is 0.353. The van der Waals surface area contributed by atoms with Crippen LogP contribution < -0.4 is 14.8 Å². The molecule has 0 spiro atoms. The Balaban J connectivity index is 2.10. The number of carbonyl (C=O) groups excluding carboxylic acids is 1. The van der Waals surface area contributed by atoms with Crippen molar-refractivity contribution in [3.8, 4) is 11.5 Å². The number of carbonyl (C=O) groups is 1. The number of nitrogens with zero attached hydrogens (tertiary/aromatic N) is 2. The smallest absolute Gasteiger partial charge is 0.271 e. The van der Waals surface area contributed by atoms with E-state index in [2.05, 4.69) is 15.3 Å². The van der Waals surface area contributed by atoms with Gasteiger partial charge in [0.05, 0.1) is 26.0 Å². The second-order valence-corrected chi connectivity index (χ2v) is 5.04. The van der Waals surface area contributed by atoms with Crippen molar-refractivity contribution >= 4 is 5.91 Å². The first-order valence-electron chi connectivity index (χ1n) is 7.53. The summed E-state index contributed by atoms with van der Waals surface area (Å²) >= 11 is 0. The minimum atomic E-state index is -0.268. The maximum absolute atomic E-state index is 12.1. The molecule has 1 aromatic heterocycles. The molecule has 0 saturated carbocycles. The van der Waals surface area contributed by atoms with Crippen LogP contribution in [0.4, 0.5) is 0 Å². The summed E-state index contributed by atoms with van der Waals surface area (Å²) < 4.78 is 11.0. The van der Waals surface area contributed by atoms with Gasteiger partial charge in [-0.15, -0.1) is 0 Å². The Morgan fingerprint density at radius 1 is 1.30 bits per heavy atom. The maximum atomic E-state index is 12.1. The Morgan fingerprint density at radius 2 is 2.13 bits per heavy atom. The lowest BCUT2D eigenvalue weighted by molar-refractivity contribution is 0.0934. The summed E-state index contributed by atoms with van der Waals surface area (Å²) in [6.45, 7) is 4.58. The lowest BCUT2D eigenvalue weighted by Gasteiger charge is -2.17. The Kier molecular flexibility index (Phi) is 5.91. The molecule has 1 aromatic carbocycles. The molecule has 2 rings (SSSR count). The molecule has 6 nitrogen and oxygen atoms in total. The molecule has 6 heteroatoms. The van der Waals surface area contributed by atoms with Crippen LogP contribution in [-0.4, -0.2) is 29.6 Å². The first-order valence-corrected chi connectivity index (χ1v) is 7.53. The molecule has 23 heavy (non-hydrogen) atoms. The zero-order valence-electron chi connectivity index (χ0n) is 13.6. The predicted octanol–water partition coefficient (Wildman–Crippen LogP) is 2.77. The van der Waals surface area contributed by atoms with E-state index in [1.54, 1.807) is 7.11 Å². The second kappa shape index (κ2) is 8.12. The topological polar surface area (TPSA) is 73.3 Å². The van der Waals surface area contributed by atoms with Crippen molar-refractivity contribution in [2.24, 2.45) is 0 Å². The molecule has 0 radical (unpaired) electrons. The van der Waals surface area contributed by atoms with Crippen molar-refractivity contribution in [2.75, 3.05) is 13.7 Å². The molecular weight excluding hydrogens is 294 g/mol. The normalized spacial score (nSPS) is 11.6. The highest BCUT2D eigenvalue weighted by Gasteiger charge is 2.14. The molecule has 0 saturated heterocycles. The van der Waals surface area contributed by atoms with Gasteiger partial charge in [-0.3, -0.25) is 9.78 Å². The summed E-state index contributed by atoms with van der Waals surface area (Å²) in [5.74, 6) is 1.08. The van der Waals surface area contributed by atoms with E-state index in [9.17, 15) is 4.79 Å². The number of hydrogen-bond donors (Lipinski definition) is 1. The quantitative estimate of drug-likeness (QED) is 0.850. The van der Waals surface area contributed by atoms with E-state index in [0.29, 0.717) is 18.1 Å². The van der Waals surface area contributed by atoms with Crippen LogP contribution in [0, 0.1) is 0 Å². The van der Waals surface area contributed by atoms with Gasteiger partial charge in [0.25, 0.3) is 5.91 Å². The second-order valence-electron chi connectivity index (χ2n) is 5.04. The third-order valence-electron chi connectivity index (χ3n) is 3.29. The molecule has 0 unspecified atom stereocenters. The van der Waals surface area contributed by atoms with Crippen molar-refractivity contribution in [1.82, 2.24) is 15.3 Å². The number of methoxy groups -OCH3 is 1.